The van der Waals surface area contributed by atoms with Gasteiger partial charge in [0, 0.05) is 26.1 Å². The molecule has 0 spiro atoms. The number of methoxy groups -OCH3 is 1. The van der Waals surface area contributed by atoms with Crippen molar-refractivity contribution in [3.63, 3.8) is 0 Å². The van der Waals surface area contributed by atoms with Crippen LogP contribution in [0.3, 0.4) is 0 Å². The molecule has 1 unspecified atom stereocenters. The van der Waals surface area contributed by atoms with Crippen LogP contribution in [0.1, 0.15) is 12.0 Å². The van der Waals surface area contributed by atoms with Crippen LogP contribution in [-0.4, -0.2) is 37.6 Å². The van der Waals surface area contributed by atoms with E-state index in [1.54, 1.807) is 25.1 Å². The Morgan fingerprint density at radius 3 is 2.78 bits per heavy atom. The highest BCUT2D eigenvalue weighted by Gasteiger charge is 2.26. The fourth-order valence-electron chi connectivity index (χ4n) is 3.32. The molecule has 1 aliphatic rings. The molecular formula is C18H19N5O4. The van der Waals surface area contributed by atoms with E-state index in [0.29, 0.717) is 24.1 Å². The normalized spacial score (nSPS) is 16.4. The van der Waals surface area contributed by atoms with Gasteiger partial charge in [0.2, 0.25) is 0 Å². The summed E-state index contributed by atoms with van der Waals surface area (Å²) < 4.78 is 9.53. The van der Waals surface area contributed by atoms with Gasteiger partial charge in [0.05, 0.1) is 25.7 Å². The van der Waals surface area contributed by atoms with E-state index in [9.17, 15) is 9.59 Å². The van der Waals surface area contributed by atoms with Crippen LogP contribution in [0, 0.1) is 0 Å². The van der Waals surface area contributed by atoms with Gasteiger partial charge in [0.1, 0.15) is 5.75 Å². The van der Waals surface area contributed by atoms with Crippen LogP contribution in [0.2, 0.25) is 0 Å². The molecule has 0 radical (unpaired) electrons. The van der Waals surface area contributed by atoms with E-state index in [1.165, 1.54) is 11.6 Å². The van der Waals surface area contributed by atoms with Gasteiger partial charge in [0.15, 0.2) is 17.3 Å². The molecule has 9 nitrogen and oxygen atoms in total. The van der Waals surface area contributed by atoms with Gasteiger partial charge < -0.3 is 14.1 Å². The Kier molecular flexibility index (Phi) is 4.06. The molecule has 0 saturated heterocycles. The highest BCUT2D eigenvalue weighted by atomic mass is 16.6. The molecule has 0 fully saturated rings. The number of oxime groups is 1. The number of nitrogens with zero attached hydrogens (tertiary/aromatic N) is 5. The lowest BCUT2D eigenvalue weighted by Crippen LogP contribution is -2.37. The quantitative estimate of drug-likeness (QED) is 0.673. The molecule has 9 heteroatoms. The van der Waals surface area contributed by atoms with E-state index in [0.717, 1.165) is 21.6 Å². The number of aromatic nitrogens is 4. The number of ether oxygens (including phenoxy) is 1. The largest absolute Gasteiger partial charge is 0.496 e. The molecule has 27 heavy (non-hydrogen) atoms. The first-order valence-electron chi connectivity index (χ1n) is 8.48. The number of hydrogen-bond acceptors (Lipinski definition) is 6. The van der Waals surface area contributed by atoms with Crippen molar-refractivity contribution in [2.45, 2.75) is 19.1 Å². The summed E-state index contributed by atoms with van der Waals surface area (Å²) in [6.45, 7) is 0.395. The number of benzene rings is 1. The lowest BCUT2D eigenvalue weighted by atomic mass is 10.0. The molecule has 0 saturated carbocycles. The molecule has 2 aromatic heterocycles. The van der Waals surface area contributed by atoms with Crippen LogP contribution in [0.15, 0.2) is 45.3 Å². The summed E-state index contributed by atoms with van der Waals surface area (Å²) in [5, 5.41) is 4.19. The highest BCUT2D eigenvalue weighted by molar-refractivity contribution is 6.03. The summed E-state index contributed by atoms with van der Waals surface area (Å²) in [6.07, 6.45) is 1.88. The maximum absolute atomic E-state index is 12.5. The fourth-order valence-corrected chi connectivity index (χ4v) is 3.32. The second kappa shape index (κ2) is 6.42. The number of rotatable bonds is 4. The Morgan fingerprint density at radius 2 is 2.00 bits per heavy atom. The fraction of sp³-hybridized carbons (Fsp3) is 0.333. The van der Waals surface area contributed by atoms with Crippen molar-refractivity contribution >= 4 is 16.9 Å². The summed E-state index contributed by atoms with van der Waals surface area (Å²) in [7, 11) is 4.66. The molecular weight excluding hydrogens is 350 g/mol. The maximum Gasteiger partial charge on any atom is 0.332 e. The molecule has 0 N–H and O–H groups in total. The minimum absolute atomic E-state index is 0.246. The minimum Gasteiger partial charge on any atom is -0.496 e. The molecule has 1 aromatic carbocycles. The van der Waals surface area contributed by atoms with E-state index >= 15 is 0 Å². The maximum atomic E-state index is 12.5. The van der Waals surface area contributed by atoms with E-state index in [-0.39, 0.29) is 11.7 Å². The van der Waals surface area contributed by atoms with Crippen molar-refractivity contribution in [1.29, 1.82) is 0 Å². The molecule has 1 aliphatic heterocycles. The van der Waals surface area contributed by atoms with Gasteiger partial charge in [-0.25, -0.2) is 9.78 Å². The first-order chi connectivity index (χ1) is 13.0. The van der Waals surface area contributed by atoms with Crippen LogP contribution in [0.5, 0.6) is 5.75 Å². The smallest absolute Gasteiger partial charge is 0.332 e. The summed E-state index contributed by atoms with van der Waals surface area (Å²) in [5.74, 6) is 0.734. The predicted octanol–water partition coefficient (Wildman–Crippen LogP) is 0.635. The Balaban J connectivity index is 1.62. The predicted molar refractivity (Wildman–Crippen MR) is 99.2 cm³/mol. The minimum atomic E-state index is -0.406. The molecule has 3 heterocycles. The number of fused-ring (bicyclic) bond motifs is 1. The van der Waals surface area contributed by atoms with E-state index in [2.05, 4.69) is 10.1 Å². The van der Waals surface area contributed by atoms with Crippen LogP contribution < -0.4 is 16.0 Å². The van der Waals surface area contributed by atoms with Gasteiger partial charge in [-0.05, 0) is 12.1 Å². The zero-order valence-electron chi connectivity index (χ0n) is 15.2. The number of hydrogen-bond donors (Lipinski definition) is 0. The van der Waals surface area contributed by atoms with Crippen LogP contribution in [-0.2, 0) is 25.5 Å². The van der Waals surface area contributed by atoms with Gasteiger partial charge in [-0.15, -0.1) is 0 Å². The van der Waals surface area contributed by atoms with Crippen molar-refractivity contribution in [3.05, 3.63) is 57.0 Å². The molecule has 140 valence electrons. The van der Waals surface area contributed by atoms with E-state index in [4.69, 9.17) is 9.57 Å². The summed E-state index contributed by atoms with van der Waals surface area (Å²) in [4.78, 5) is 34.4. The van der Waals surface area contributed by atoms with Crippen molar-refractivity contribution in [2.75, 3.05) is 7.11 Å². The second-order valence-corrected chi connectivity index (χ2v) is 6.44. The Labute approximate surface area is 154 Å². The van der Waals surface area contributed by atoms with E-state index < -0.39 is 5.69 Å². The van der Waals surface area contributed by atoms with Gasteiger partial charge >= 0.3 is 5.69 Å². The third-order valence-corrected chi connectivity index (χ3v) is 4.77. The first-order valence-corrected chi connectivity index (χ1v) is 8.48. The molecule has 1 atom stereocenters. The summed E-state index contributed by atoms with van der Waals surface area (Å²) in [5.41, 5.74) is 1.62. The van der Waals surface area contributed by atoms with Crippen molar-refractivity contribution < 1.29 is 9.57 Å². The van der Waals surface area contributed by atoms with Crippen molar-refractivity contribution in [1.82, 2.24) is 18.7 Å². The highest BCUT2D eigenvalue weighted by Crippen LogP contribution is 2.25. The zero-order valence-corrected chi connectivity index (χ0v) is 15.2. The first kappa shape index (κ1) is 17.1. The van der Waals surface area contributed by atoms with Gasteiger partial charge in [-0.2, -0.15) is 0 Å². The topological polar surface area (TPSA) is 92.6 Å². The van der Waals surface area contributed by atoms with Gasteiger partial charge in [-0.3, -0.25) is 13.9 Å². The summed E-state index contributed by atoms with van der Waals surface area (Å²) >= 11 is 0. The zero-order chi connectivity index (χ0) is 19.1. The Bertz CT molecular complexity index is 1170. The lowest BCUT2D eigenvalue weighted by Gasteiger charge is -2.11. The number of imidazole rings is 1. The Morgan fingerprint density at radius 1 is 1.22 bits per heavy atom. The Hall–Kier alpha value is -3.36. The molecule has 3 aromatic rings. The summed E-state index contributed by atoms with van der Waals surface area (Å²) in [6, 6.07) is 7.62. The van der Waals surface area contributed by atoms with Gasteiger partial charge in [-0.1, -0.05) is 17.3 Å². The number of aryl methyl sites for hydroxylation is 1. The molecule has 0 aliphatic carbocycles. The monoisotopic (exact) mass is 369 g/mol. The SMILES string of the molecule is COc1ccccc1C1=NOC(Cn2cnc3c2c(=O)n(C)c(=O)n3C)C1. The van der Waals surface area contributed by atoms with Crippen molar-refractivity contribution in [3.8, 4) is 5.75 Å². The lowest BCUT2D eigenvalue weighted by molar-refractivity contribution is 0.0733. The molecule has 0 bridgehead atoms. The van der Waals surface area contributed by atoms with Gasteiger partial charge in [0.25, 0.3) is 5.56 Å². The average molecular weight is 369 g/mol. The van der Waals surface area contributed by atoms with Crippen molar-refractivity contribution in [2.24, 2.45) is 19.3 Å². The van der Waals surface area contributed by atoms with E-state index in [1.807, 2.05) is 24.3 Å². The molecule has 0 amide bonds. The average Bonchev–Trinajstić information content (AvgIpc) is 3.32. The standard InChI is InChI=1S/C18H19N5O4/c1-21-16-15(17(24)22(2)18(21)25)23(10-19-16)9-11-8-13(20-27-11)12-6-4-5-7-14(12)26-3/h4-7,10-11H,8-9H2,1-3H3. The van der Waals surface area contributed by atoms with Crippen LogP contribution in [0.4, 0.5) is 0 Å². The number of para-hydroxylation sites is 1. The third-order valence-electron chi connectivity index (χ3n) is 4.77. The second-order valence-electron chi connectivity index (χ2n) is 6.44. The van der Waals surface area contributed by atoms with Crippen LogP contribution in [0.25, 0.3) is 11.2 Å². The van der Waals surface area contributed by atoms with Crippen LogP contribution >= 0.6 is 0 Å². The molecule has 4 rings (SSSR count). The third kappa shape index (κ3) is 2.71.